The first-order chi connectivity index (χ1) is 6.03. The van der Waals surface area contributed by atoms with E-state index >= 15 is 0 Å². The van der Waals surface area contributed by atoms with E-state index in [9.17, 15) is 8.42 Å². The fourth-order valence-corrected chi connectivity index (χ4v) is 1.83. The minimum Gasteiger partial charge on any atom is -0.384 e. The number of nitrogen functional groups attached to an aromatic ring is 1. The molecule has 0 fully saturated rings. The number of nitrogens with zero attached hydrogens (tertiary/aromatic N) is 1. The Morgan fingerprint density at radius 2 is 2.23 bits per heavy atom. The van der Waals surface area contributed by atoms with Gasteiger partial charge in [0.15, 0.2) is 9.84 Å². The van der Waals surface area contributed by atoms with E-state index in [4.69, 9.17) is 5.73 Å². The van der Waals surface area contributed by atoms with Crippen molar-refractivity contribution in [3.63, 3.8) is 0 Å². The number of hydrogen-bond donors (Lipinski definition) is 1. The standard InChI is InChI=1S/C8H12N2O2S/c1-2-13(11,12)6-7-3-4-10-8(9)5-7/h3-5H,2,6H2,1H3,(H2,9,10). The molecule has 1 aromatic rings. The monoisotopic (exact) mass is 200 g/mol. The lowest BCUT2D eigenvalue weighted by atomic mass is 10.3. The molecule has 0 saturated heterocycles. The van der Waals surface area contributed by atoms with Crippen LogP contribution in [0.25, 0.3) is 0 Å². The van der Waals surface area contributed by atoms with Crippen LogP contribution in [0.5, 0.6) is 0 Å². The molecule has 72 valence electrons. The number of nitrogens with two attached hydrogens (primary N) is 1. The first-order valence-electron chi connectivity index (χ1n) is 3.94. The van der Waals surface area contributed by atoms with Crippen molar-refractivity contribution >= 4 is 15.7 Å². The molecule has 0 aromatic carbocycles. The summed E-state index contributed by atoms with van der Waals surface area (Å²) in [5.74, 6) is 0.537. The highest BCUT2D eigenvalue weighted by molar-refractivity contribution is 7.90. The average molecular weight is 200 g/mol. The summed E-state index contributed by atoms with van der Waals surface area (Å²) >= 11 is 0. The van der Waals surface area contributed by atoms with Gasteiger partial charge >= 0.3 is 0 Å². The third-order valence-corrected chi connectivity index (χ3v) is 3.32. The number of sulfone groups is 1. The van der Waals surface area contributed by atoms with Crippen molar-refractivity contribution in [1.29, 1.82) is 0 Å². The van der Waals surface area contributed by atoms with Crippen molar-refractivity contribution in [1.82, 2.24) is 4.98 Å². The van der Waals surface area contributed by atoms with Crippen molar-refractivity contribution < 1.29 is 8.42 Å². The molecule has 0 bridgehead atoms. The van der Waals surface area contributed by atoms with Crippen LogP contribution in [0.4, 0.5) is 5.82 Å². The quantitative estimate of drug-likeness (QED) is 0.775. The van der Waals surface area contributed by atoms with E-state index in [1.54, 1.807) is 19.1 Å². The van der Waals surface area contributed by atoms with Crippen LogP contribution < -0.4 is 5.73 Å². The average Bonchev–Trinajstić information content (AvgIpc) is 2.03. The van der Waals surface area contributed by atoms with Gasteiger partial charge in [0.05, 0.1) is 5.75 Å². The molecule has 0 amide bonds. The van der Waals surface area contributed by atoms with Crippen molar-refractivity contribution in [3.8, 4) is 0 Å². The van der Waals surface area contributed by atoms with Crippen LogP contribution in [0.3, 0.4) is 0 Å². The van der Waals surface area contributed by atoms with Gasteiger partial charge < -0.3 is 5.73 Å². The summed E-state index contributed by atoms with van der Waals surface area (Å²) < 4.78 is 22.4. The van der Waals surface area contributed by atoms with Crippen molar-refractivity contribution in [2.75, 3.05) is 11.5 Å². The zero-order valence-electron chi connectivity index (χ0n) is 7.40. The topological polar surface area (TPSA) is 73.0 Å². The molecular weight excluding hydrogens is 188 g/mol. The molecule has 0 atom stereocenters. The Hall–Kier alpha value is -1.10. The van der Waals surface area contributed by atoms with Crippen LogP contribution >= 0.6 is 0 Å². The number of pyridine rings is 1. The second-order valence-electron chi connectivity index (χ2n) is 2.77. The first kappa shape index (κ1) is 9.98. The molecule has 1 rings (SSSR count). The molecule has 1 aromatic heterocycles. The highest BCUT2D eigenvalue weighted by Gasteiger charge is 2.08. The van der Waals surface area contributed by atoms with E-state index in [1.807, 2.05) is 0 Å². The predicted molar refractivity (Wildman–Crippen MR) is 51.8 cm³/mol. The van der Waals surface area contributed by atoms with Gasteiger partial charge in [-0.3, -0.25) is 0 Å². The van der Waals surface area contributed by atoms with Gasteiger partial charge in [-0.05, 0) is 17.7 Å². The lowest BCUT2D eigenvalue weighted by molar-refractivity contribution is 0.596. The Morgan fingerprint density at radius 3 is 2.77 bits per heavy atom. The summed E-state index contributed by atoms with van der Waals surface area (Å²) in [6.07, 6.45) is 1.51. The molecule has 0 saturated carbocycles. The first-order valence-corrected chi connectivity index (χ1v) is 5.76. The van der Waals surface area contributed by atoms with Crippen LogP contribution in [-0.2, 0) is 15.6 Å². The Labute approximate surface area is 77.7 Å². The van der Waals surface area contributed by atoms with Crippen molar-refractivity contribution in [2.24, 2.45) is 0 Å². The van der Waals surface area contributed by atoms with Crippen LogP contribution in [-0.4, -0.2) is 19.2 Å². The molecule has 1 heterocycles. The highest BCUT2D eigenvalue weighted by Crippen LogP contribution is 2.08. The van der Waals surface area contributed by atoms with Gasteiger partial charge in [-0.1, -0.05) is 6.92 Å². The normalized spacial score (nSPS) is 11.5. The van der Waals surface area contributed by atoms with Gasteiger partial charge in [-0.2, -0.15) is 0 Å². The lowest BCUT2D eigenvalue weighted by Crippen LogP contribution is -2.07. The van der Waals surface area contributed by atoms with E-state index in [2.05, 4.69) is 4.98 Å². The van der Waals surface area contributed by atoms with Crippen LogP contribution in [0.1, 0.15) is 12.5 Å². The van der Waals surface area contributed by atoms with Gasteiger partial charge in [0, 0.05) is 11.9 Å². The van der Waals surface area contributed by atoms with E-state index in [1.165, 1.54) is 6.20 Å². The lowest BCUT2D eigenvalue weighted by Gasteiger charge is -2.01. The number of rotatable bonds is 3. The molecule has 0 aliphatic heterocycles. The third kappa shape index (κ3) is 3.02. The maximum absolute atomic E-state index is 11.2. The zero-order chi connectivity index (χ0) is 9.90. The molecule has 0 spiro atoms. The summed E-state index contributed by atoms with van der Waals surface area (Å²) in [5.41, 5.74) is 6.10. The molecule has 4 nitrogen and oxygen atoms in total. The summed E-state index contributed by atoms with van der Waals surface area (Å²) in [6.45, 7) is 1.62. The fourth-order valence-electron chi connectivity index (χ4n) is 0.940. The minimum absolute atomic E-state index is 0.0379. The van der Waals surface area contributed by atoms with Gasteiger partial charge in [0.2, 0.25) is 0 Å². The van der Waals surface area contributed by atoms with Crippen molar-refractivity contribution in [3.05, 3.63) is 23.9 Å². The molecule has 0 aliphatic carbocycles. The molecular formula is C8H12N2O2S. The number of hydrogen-bond acceptors (Lipinski definition) is 4. The SMILES string of the molecule is CCS(=O)(=O)Cc1ccnc(N)c1. The maximum atomic E-state index is 11.2. The zero-order valence-corrected chi connectivity index (χ0v) is 8.21. The molecule has 13 heavy (non-hydrogen) atoms. The van der Waals surface area contributed by atoms with E-state index in [0.29, 0.717) is 11.4 Å². The Bertz CT molecular complexity index is 387. The second kappa shape index (κ2) is 3.74. The summed E-state index contributed by atoms with van der Waals surface area (Å²) in [6, 6.07) is 3.23. The van der Waals surface area contributed by atoms with Gasteiger partial charge in [-0.25, -0.2) is 13.4 Å². The summed E-state index contributed by atoms with van der Waals surface area (Å²) in [7, 11) is -2.97. The Kier molecular flexibility index (Phi) is 2.87. The summed E-state index contributed by atoms with van der Waals surface area (Å²) in [5, 5.41) is 0. The minimum atomic E-state index is -2.97. The van der Waals surface area contributed by atoms with Crippen LogP contribution in [0.15, 0.2) is 18.3 Å². The Morgan fingerprint density at radius 1 is 1.54 bits per heavy atom. The summed E-state index contributed by atoms with van der Waals surface area (Å²) in [4.78, 5) is 3.78. The third-order valence-electron chi connectivity index (χ3n) is 1.67. The van der Waals surface area contributed by atoms with Gasteiger partial charge in [0.25, 0.3) is 0 Å². The largest absolute Gasteiger partial charge is 0.384 e. The predicted octanol–water partition coefficient (Wildman–Crippen LogP) is 0.599. The second-order valence-corrected chi connectivity index (χ2v) is 5.12. The number of aromatic nitrogens is 1. The van der Waals surface area contributed by atoms with E-state index < -0.39 is 9.84 Å². The number of anilines is 1. The Balaban J connectivity index is 2.87. The molecule has 5 heteroatoms. The van der Waals surface area contributed by atoms with Crippen LogP contribution in [0, 0.1) is 0 Å². The van der Waals surface area contributed by atoms with E-state index in [0.717, 1.165) is 0 Å². The molecule has 0 radical (unpaired) electrons. The molecule has 0 aliphatic rings. The van der Waals surface area contributed by atoms with E-state index in [-0.39, 0.29) is 11.5 Å². The van der Waals surface area contributed by atoms with Crippen molar-refractivity contribution in [2.45, 2.75) is 12.7 Å². The fraction of sp³-hybridized carbons (Fsp3) is 0.375. The van der Waals surface area contributed by atoms with Gasteiger partial charge in [0.1, 0.15) is 5.82 Å². The highest BCUT2D eigenvalue weighted by atomic mass is 32.2. The maximum Gasteiger partial charge on any atom is 0.154 e. The van der Waals surface area contributed by atoms with Crippen LogP contribution in [0.2, 0.25) is 0 Å². The molecule has 0 unspecified atom stereocenters. The molecule has 2 N–H and O–H groups in total. The van der Waals surface area contributed by atoms with Gasteiger partial charge in [-0.15, -0.1) is 0 Å². The smallest absolute Gasteiger partial charge is 0.154 e.